The maximum atomic E-state index is 12.5. The molecular formula is C20H25F3N2O. The molecule has 2 aromatic rings. The average molecular weight is 366 g/mol. The van der Waals surface area contributed by atoms with E-state index in [0.29, 0.717) is 6.42 Å². The zero-order valence-corrected chi connectivity index (χ0v) is 15.1. The number of nitrogens with one attached hydrogen (secondary N) is 2. The lowest BCUT2D eigenvalue weighted by Gasteiger charge is -2.09. The van der Waals surface area contributed by atoms with Crippen LogP contribution in [0.1, 0.15) is 30.5 Å². The maximum Gasteiger partial charge on any atom is 0.416 e. The van der Waals surface area contributed by atoms with Gasteiger partial charge in [-0.1, -0.05) is 24.3 Å². The summed E-state index contributed by atoms with van der Waals surface area (Å²) < 4.78 is 37.4. The highest BCUT2D eigenvalue weighted by atomic mass is 19.4. The van der Waals surface area contributed by atoms with Crippen molar-refractivity contribution < 1.29 is 18.0 Å². The zero-order chi connectivity index (χ0) is 19.4. The van der Waals surface area contributed by atoms with E-state index in [-0.39, 0.29) is 0 Å². The van der Waals surface area contributed by atoms with Gasteiger partial charge in [0.2, 0.25) is 0 Å². The molecule has 3 nitrogen and oxygen atoms in total. The lowest BCUT2D eigenvalue weighted by molar-refractivity contribution is -0.137. The van der Waals surface area contributed by atoms with Crippen molar-refractivity contribution >= 4 is 12.0 Å². The van der Waals surface area contributed by atoms with Gasteiger partial charge in [0, 0.05) is 18.8 Å². The zero-order valence-electron chi connectivity index (χ0n) is 15.1. The first kappa shape index (κ1) is 21.7. The largest absolute Gasteiger partial charge is 0.416 e. The minimum absolute atomic E-state index is 0.602. The van der Waals surface area contributed by atoms with Crippen LogP contribution >= 0.6 is 0 Å². The molecule has 0 saturated carbocycles. The fourth-order valence-corrected chi connectivity index (χ4v) is 2.27. The van der Waals surface area contributed by atoms with Gasteiger partial charge < -0.3 is 15.4 Å². The number of halogens is 3. The Morgan fingerprint density at radius 1 is 0.962 bits per heavy atom. The van der Waals surface area contributed by atoms with Crippen LogP contribution in [0.25, 0.3) is 0 Å². The van der Waals surface area contributed by atoms with E-state index < -0.39 is 11.7 Å². The number of hydrogen-bond donors (Lipinski definition) is 2. The molecule has 0 atom stereocenters. The first-order valence-corrected chi connectivity index (χ1v) is 8.50. The van der Waals surface area contributed by atoms with E-state index >= 15 is 0 Å². The molecule has 6 heteroatoms. The molecule has 26 heavy (non-hydrogen) atoms. The third-order valence-corrected chi connectivity index (χ3v) is 3.54. The summed E-state index contributed by atoms with van der Waals surface area (Å²) in [5.41, 5.74) is 2.57. The first-order valence-electron chi connectivity index (χ1n) is 8.50. The highest BCUT2D eigenvalue weighted by molar-refractivity contribution is 5.44. The second-order valence-corrected chi connectivity index (χ2v) is 5.58. The molecule has 0 radical (unpaired) electrons. The van der Waals surface area contributed by atoms with Crippen LogP contribution in [0.5, 0.6) is 0 Å². The maximum absolute atomic E-state index is 12.5. The summed E-state index contributed by atoms with van der Waals surface area (Å²) in [7, 11) is 0. The van der Waals surface area contributed by atoms with Gasteiger partial charge in [-0.05, 0) is 62.2 Å². The molecule has 0 spiro atoms. The standard InChI is InChI=1S/C18H21F3N2.C2H4O/c1-2-23-17-9-5-15(6-10-17)13-22-12-11-14-3-7-16(8-4-14)18(19,20)21;1-2-3/h3-10,22-23H,2,11-13H2,1H3;2H,1H3. The van der Waals surface area contributed by atoms with Gasteiger partial charge in [0.15, 0.2) is 0 Å². The Labute approximate surface area is 152 Å². The Balaban J connectivity index is 0.00000105. The first-order chi connectivity index (χ1) is 12.4. The van der Waals surface area contributed by atoms with Crippen LogP contribution in [-0.2, 0) is 23.9 Å². The summed E-state index contributed by atoms with van der Waals surface area (Å²) in [5, 5.41) is 6.54. The van der Waals surface area contributed by atoms with Crippen molar-refractivity contribution in [3.05, 3.63) is 65.2 Å². The Bertz CT molecular complexity index is 638. The second-order valence-electron chi connectivity index (χ2n) is 5.58. The minimum Gasteiger partial charge on any atom is -0.385 e. The summed E-state index contributed by atoms with van der Waals surface area (Å²) in [5.74, 6) is 0. The molecule has 0 fully saturated rings. The van der Waals surface area contributed by atoms with Crippen LogP contribution in [0.2, 0.25) is 0 Å². The van der Waals surface area contributed by atoms with E-state index in [0.717, 1.165) is 49.3 Å². The second kappa shape index (κ2) is 11.3. The lowest BCUT2D eigenvalue weighted by Crippen LogP contribution is -2.16. The van der Waals surface area contributed by atoms with Crippen molar-refractivity contribution in [2.45, 2.75) is 33.0 Å². The van der Waals surface area contributed by atoms with Crippen molar-refractivity contribution in [2.24, 2.45) is 0 Å². The highest BCUT2D eigenvalue weighted by Gasteiger charge is 2.29. The quantitative estimate of drug-likeness (QED) is 0.552. The normalized spacial score (nSPS) is 10.7. The SMILES string of the molecule is CC=O.CCNc1ccc(CNCCc2ccc(C(F)(F)F)cc2)cc1. The number of anilines is 1. The molecule has 0 heterocycles. The van der Waals surface area contributed by atoms with Gasteiger partial charge in [-0.15, -0.1) is 0 Å². The van der Waals surface area contributed by atoms with Gasteiger partial charge in [-0.3, -0.25) is 0 Å². The molecule has 2 rings (SSSR count). The van der Waals surface area contributed by atoms with Gasteiger partial charge in [-0.2, -0.15) is 13.2 Å². The van der Waals surface area contributed by atoms with Gasteiger partial charge >= 0.3 is 6.18 Å². The minimum atomic E-state index is -4.27. The fraction of sp³-hybridized carbons (Fsp3) is 0.350. The van der Waals surface area contributed by atoms with E-state index in [2.05, 4.69) is 29.7 Å². The summed E-state index contributed by atoms with van der Waals surface area (Å²) in [6, 6.07) is 13.5. The number of carbonyl (C=O) groups is 1. The van der Waals surface area contributed by atoms with Gasteiger partial charge in [0.25, 0.3) is 0 Å². The number of aldehydes is 1. The molecule has 0 unspecified atom stereocenters. The molecular weight excluding hydrogens is 341 g/mol. The van der Waals surface area contributed by atoms with Crippen LogP contribution in [0.15, 0.2) is 48.5 Å². The fourth-order valence-electron chi connectivity index (χ4n) is 2.27. The van der Waals surface area contributed by atoms with Crippen molar-refractivity contribution in [2.75, 3.05) is 18.4 Å². The summed E-state index contributed by atoms with van der Waals surface area (Å²) >= 11 is 0. The Hall–Kier alpha value is -2.34. The van der Waals surface area contributed by atoms with Crippen LogP contribution < -0.4 is 10.6 Å². The van der Waals surface area contributed by atoms with E-state index in [1.807, 2.05) is 12.1 Å². The number of benzene rings is 2. The van der Waals surface area contributed by atoms with E-state index in [1.165, 1.54) is 24.6 Å². The van der Waals surface area contributed by atoms with Crippen molar-refractivity contribution in [1.82, 2.24) is 5.32 Å². The molecule has 2 aromatic carbocycles. The lowest BCUT2D eigenvalue weighted by atomic mass is 10.1. The Morgan fingerprint density at radius 2 is 1.50 bits per heavy atom. The average Bonchev–Trinajstić information content (AvgIpc) is 2.61. The van der Waals surface area contributed by atoms with Crippen LogP contribution in [-0.4, -0.2) is 19.4 Å². The monoisotopic (exact) mass is 366 g/mol. The van der Waals surface area contributed by atoms with Crippen LogP contribution in [0.3, 0.4) is 0 Å². The highest BCUT2D eigenvalue weighted by Crippen LogP contribution is 2.29. The van der Waals surface area contributed by atoms with E-state index in [1.54, 1.807) is 0 Å². The predicted molar refractivity (Wildman–Crippen MR) is 99.2 cm³/mol. The van der Waals surface area contributed by atoms with Gasteiger partial charge in [0.05, 0.1) is 5.56 Å². The molecule has 0 aromatic heterocycles. The molecule has 0 saturated heterocycles. The number of hydrogen-bond acceptors (Lipinski definition) is 3. The third-order valence-electron chi connectivity index (χ3n) is 3.54. The molecule has 0 aliphatic carbocycles. The van der Waals surface area contributed by atoms with Crippen molar-refractivity contribution in [3.63, 3.8) is 0 Å². The van der Waals surface area contributed by atoms with Crippen LogP contribution in [0.4, 0.5) is 18.9 Å². The summed E-state index contributed by atoms with van der Waals surface area (Å²) in [6.45, 7) is 5.86. The molecule has 0 aliphatic rings. The predicted octanol–water partition coefficient (Wildman–Crippen LogP) is 4.67. The Kier molecular flexibility index (Phi) is 9.44. The summed E-state index contributed by atoms with van der Waals surface area (Å²) in [6.07, 6.45) is -2.82. The molecule has 0 bridgehead atoms. The third kappa shape index (κ3) is 8.16. The van der Waals surface area contributed by atoms with Crippen molar-refractivity contribution in [3.8, 4) is 0 Å². The number of alkyl halides is 3. The molecule has 0 aliphatic heterocycles. The smallest absolute Gasteiger partial charge is 0.385 e. The number of carbonyl (C=O) groups excluding carboxylic acids is 1. The van der Waals surface area contributed by atoms with Crippen LogP contribution in [0, 0.1) is 0 Å². The van der Waals surface area contributed by atoms with E-state index in [4.69, 9.17) is 4.79 Å². The van der Waals surface area contributed by atoms with Crippen molar-refractivity contribution in [1.29, 1.82) is 0 Å². The molecule has 142 valence electrons. The molecule has 0 amide bonds. The molecule has 2 N–H and O–H groups in total. The topological polar surface area (TPSA) is 41.1 Å². The summed E-state index contributed by atoms with van der Waals surface area (Å²) in [4.78, 5) is 8.81. The van der Waals surface area contributed by atoms with Gasteiger partial charge in [-0.25, -0.2) is 0 Å². The van der Waals surface area contributed by atoms with Gasteiger partial charge in [0.1, 0.15) is 6.29 Å². The number of rotatable bonds is 7. The Morgan fingerprint density at radius 3 is 2.00 bits per heavy atom. The van der Waals surface area contributed by atoms with E-state index in [9.17, 15) is 13.2 Å².